The van der Waals surface area contributed by atoms with Gasteiger partial charge in [0.1, 0.15) is 0 Å². The first kappa shape index (κ1) is 12.5. The summed E-state index contributed by atoms with van der Waals surface area (Å²) in [5, 5.41) is -0.966. The fourth-order valence-corrected chi connectivity index (χ4v) is 1.96. The van der Waals surface area contributed by atoms with Gasteiger partial charge in [-0.25, -0.2) is 0 Å². The maximum absolute atomic E-state index is 12.5. The first-order chi connectivity index (χ1) is 6.88. The van der Waals surface area contributed by atoms with Crippen LogP contribution in [0.4, 0.5) is 13.2 Å². The third-order valence-electron chi connectivity index (χ3n) is 1.83. The zero-order valence-electron chi connectivity index (χ0n) is 7.24. The van der Waals surface area contributed by atoms with Gasteiger partial charge in [0.2, 0.25) is 0 Å². The first-order valence-electron chi connectivity index (χ1n) is 3.82. The maximum Gasteiger partial charge on any atom is 0.416 e. The normalized spacial score (nSPS) is 11.5. The molecule has 1 nitrogen and oxygen atoms in total. The first-order valence-corrected chi connectivity index (χ1v) is 5.32. The third-order valence-corrected chi connectivity index (χ3v) is 2.59. The van der Waals surface area contributed by atoms with Crippen LogP contribution >= 0.6 is 27.5 Å². The van der Waals surface area contributed by atoms with E-state index in [0.29, 0.717) is 0 Å². The minimum Gasteiger partial charge on any atom is -0.276 e. The van der Waals surface area contributed by atoms with Gasteiger partial charge in [0, 0.05) is 10.9 Å². The van der Waals surface area contributed by atoms with Crippen molar-refractivity contribution in [2.75, 3.05) is 0 Å². The summed E-state index contributed by atoms with van der Waals surface area (Å²) in [6.45, 7) is 0. The topological polar surface area (TPSA) is 17.1 Å². The molecule has 1 rings (SSSR count). The molecule has 6 heteroatoms. The van der Waals surface area contributed by atoms with Crippen LogP contribution in [-0.2, 0) is 11.5 Å². The summed E-state index contributed by atoms with van der Waals surface area (Å²) in [7, 11) is 0. The van der Waals surface area contributed by atoms with Crippen molar-refractivity contribution in [1.29, 1.82) is 0 Å². The second kappa shape index (κ2) is 4.53. The molecule has 0 aromatic heterocycles. The molecule has 0 amide bonds. The molecule has 0 saturated carbocycles. The van der Waals surface area contributed by atoms with Crippen LogP contribution < -0.4 is 0 Å². The molecule has 0 radical (unpaired) electrons. The van der Waals surface area contributed by atoms with Gasteiger partial charge in [-0.2, -0.15) is 13.2 Å². The Morgan fingerprint density at radius 3 is 2.40 bits per heavy atom. The van der Waals surface area contributed by atoms with Crippen LogP contribution in [-0.4, -0.2) is 5.24 Å². The molecule has 0 aliphatic heterocycles. The molecule has 0 fully saturated rings. The SMILES string of the molecule is O=C(Cl)c1cccc(C(F)(F)F)c1CBr. The van der Waals surface area contributed by atoms with E-state index < -0.39 is 17.0 Å². The molecule has 82 valence electrons. The number of rotatable bonds is 2. The number of hydrogen-bond donors (Lipinski definition) is 0. The van der Waals surface area contributed by atoms with Crippen molar-refractivity contribution in [3.63, 3.8) is 0 Å². The number of hydrogen-bond acceptors (Lipinski definition) is 1. The van der Waals surface area contributed by atoms with E-state index in [1.54, 1.807) is 0 Å². The molecular formula is C9H5BrClF3O. The molecule has 0 bridgehead atoms. The lowest BCUT2D eigenvalue weighted by Gasteiger charge is -2.13. The second-order valence-corrected chi connectivity index (χ2v) is 3.64. The Balaban J connectivity index is 3.42. The molecule has 0 atom stereocenters. The van der Waals surface area contributed by atoms with Crippen LogP contribution in [0.2, 0.25) is 0 Å². The molecule has 15 heavy (non-hydrogen) atoms. The summed E-state index contributed by atoms with van der Waals surface area (Å²) in [6.07, 6.45) is -4.48. The van der Waals surface area contributed by atoms with E-state index >= 15 is 0 Å². The van der Waals surface area contributed by atoms with Gasteiger partial charge < -0.3 is 0 Å². The Morgan fingerprint density at radius 2 is 2.00 bits per heavy atom. The van der Waals surface area contributed by atoms with Crippen molar-refractivity contribution in [2.45, 2.75) is 11.5 Å². The zero-order chi connectivity index (χ0) is 11.6. The van der Waals surface area contributed by atoms with E-state index in [1.807, 2.05) is 0 Å². The predicted octanol–water partition coefficient (Wildman–Crippen LogP) is 3.98. The van der Waals surface area contributed by atoms with E-state index in [2.05, 4.69) is 15.9 Å². The highest BCUT2D eigenvalue weighted by Gasteiger charge is 2.34. The lowest BCUT2D eigenvalue weighted by atomic mass is 10.0. The third kappa shape index (κ3) is 2.72. The highest BCUT2D eigenvalue weighted by Crippen LogP contribution is 2.34. The van der Waals surface area contributed by atoms with Crippen molar-refractivity contribution in [2.24, 2.45) is 0 Å². The summed E-state index contributed by atoms with van der Waals surface area (Å²) in [4.78, 5) is 10.9. The lowest BCUT2D eigenvalue weighted by molar-refractivity contribution is -0.138. The summed E-state index contributed by atoms with van der Waals surface area (Å²) >= 11 is 8.09. The summed E-state index contributed by atoms with van der Waals surface area (Å²) in [5.74, 6) is 0. The molecule has 0 N–H and O–H groups in total. The monoisotopic (exact) mass is 300 g/mol. The average molecular weight is 301 g/mol. The highest BCUT2D eigenvalue weighted by molar-refractivity contribution is 9.08. The van der Waals surface area contributed by atoms with Gasteiger partial charge in [0.05, 0.1) is 5.56 Å². The van der Waals surface area contributed by atoms with Crippen LogP contribution in [0.1, 0.15) is 21.5 Å². The van der Waals surface area contributed by atoms with Crippen LogP contribution in [0, 0.1) is 0 Å². The standard InChI is InChI=1S/C9H5BrClF3O/c10-4-6-5(8(11)15)2-1-3-7(6)9(12,13)14/h1-3H,4H2. The van der Waals surface area contributed by atoms with Crippen LogP contribution in [0.3, 0.4) is 0 Å². The number of halogens is 5. The maximum atomic E-state index is 12.5. The molecule has 1 aromatic carbocycles. The Kier molecular flexibility index (Phi) is 3.78. The molecule has 0 aliphatic carbocycles. The van der Waals surface area contributed by atoms with E-state index in [-0.39, 0.29) is 16.5 Å². The van der Waals surface area contributed by atoms with E-state index in [9.17, 15) is 18.0 Å². The molecule has 0 unspecified atom stereocenters. The van der Waals surface area contributed by atoms with E-state index in [1.165, 1.54) is 6.07 Å². The molecular weight excluding hydrogens is 296 g/mol. The fourth-order valence-electron chi connectivity index (χ4n) is 1.18. The van der Waals surface area contributed by atoms with Gasteiger partial charge in [-0.3, -0.25) is 4.79 Å². The fraction of sp³-hybridized carbons (Fsp3) is 0.222. The lowest BCUT2D eigenvalue weighted by Crippen LogP contribution is -2.11. The number of carbonyl (C=O) groups excluding carboxylic acids is 1. The smallest absolute Gasteiger partial charge is 0.276 e. The quantitative estimate of drug-likeness (QED) is 0.596. The molecule has 0 spiro atoms. The van der Waals surface area contributed by atoms with Crippen LogP contribution in [0.25, 0.3) is 0 Å². The summed E-state index contributed by atoms with van der Waals surface area (Å²) in [6, 6.07) is 3.34. The summed E-state index contributed by atoms with van der Waals surface area (Å²) < 4.78 is 37.5. The Hall–Kier alpha value is -0.550. The van der Waals surface area contributed by atoms with Gasteiger partial charge in [0.25, 0.3) is 5.24 Å². The van der Waals surface area contributed by atoms with E-state index in [0.717, 1.165) is 12.1 Å². The van der Waals surface area contributed by atoms with Crippen molar-refractivity contribution >= 4 is 32.8 Å². The Morgan fingerprint density at radius 1 is 1.40 bits per heavy atom. The van der Waals surface area contributed by atoms with Crippen molar-refractivity contribution in [1.82, 2.24) is 0 Å². The van der Waals surface area contributed by atoms with E-state index in [4.69, 9.17) is 11.6 Å². The summed E-state index contributed by atoms with van der Waals surface area (Å²) in [5.41, 5.74) is -1.10. The highest BCUT2D eigenvalue weighted by atomic mass is 79.9. The number of benzene rings is 1. The zero-order valence-corrected chi connectivity index (χ0v) is 9.58. The minimum atomic E-state index is -4.48. The largest absolute Gasteiger partial charge is 0.416 e. The second-order valence-electron chi connectivity index (χ2n) is 2.74. The van der Waals surface area contributed by atoms with Gasteiger partial charge in [-0.1, -0.05) is 22.0 Å². The van der Waals surface area contributed by atoms with Gasteiger partial charge in [-0.05, 0) is 29.3 Å². The van der Waals surface area contributed by atoms with Gasteiger partial charge >= 0.3 is 6.18 Å². The van der Waals surface area contributed by atoms with Gasteiger partial charge in [0.15, 0.2) is 0 Å². The van der Waals surface area contributed by atoms with Crippen molar-refractivity contribution < 1.29 is 18.0 Å². The van der Waals surface area contributed by atoms with Crippen molar-refractivity contribution in [3.05, 3.63) is 34.9 Å². The Labute approximate surface area is 97.4 Å². The molecule has 0 aliphatic rings. The van der Waals surface area contributed by atoms with Gasteiger partial charge in [-0.15, -0.1) is 0 Å². The predicted molar refractivity (Wildman–Crippen MR) is 54.3 cm³/mol. The molecule has 0 heterocycles. The molecule has 1 aromatic rings. The van der Waals surface area contributed by atoms with Crippen molar-refractivity contribution in [3.8, 4) is 0 Å². The number of alkyl halides is 4. The minimum absolute atomic E-state index is 0.0729. The number of carbonyl (C=O) groups is 1. The molecule has 0 saturated heterocycles. The van der Waals surface area contributed by atoms with Crippen LogP contribution in [0.15, 0.2) is 18.2 Å². The Bertz CT molecular complexity index is 389. The average Bonchev–Trinajstić information content (AvgIpc) is 2.15. The van der Waals surface area contributed by atoms with Crippen LogP contribution in [0.5, 0.6) is 0 Å².